The highest BCUT2D eigenvalue weighted by Gasteiger charge is 2.26. The van der Waals surface area contributed by atoms with Crippen molar-refractivity contribution in [2.24, 2.45) is 0 Å². The van der Waals surface area contributed by atoms with Crippen LogP contribution >= 0.6 is 0 Å². The summed E-state index contributed by atoms with van der Waals surface area (Å²) in [6.45, 7) is 11.8. The quantitative estimate of drug-likeness (QED) is 0.675. The van der Waals surface area contributed by atoms with Gasteiger partial charge in [0.2, 0.25) is 0 Å². The Bertz CT molecular complexity index is 132. The summed E-state index contributed by atoms with van der Waals surface area (Å²) in [6.07, 6.45) is 2.54. The Hall–Kier alpha value is -0.0800. The van der Waals surface area contributed by atoms with E-state index in [1.165, 1.54) is 32.5 Å². The van der Waals surface area contributed by atoms with Gasteiger partial charge in [-0.25, -0.2) is 0 Å². The van der Waals surface area contributed by atoms with E-state index in [2.05, 4.69) is 31.0 Å². The largest absolute Gasteiger partial charge is 0.315 e. The molecule has 0 bridgehead atoms. The molecular formula is C10H22N2. The molecule has 0 spiro atoms. The van der Waals surface area contributed by atoms with Crippen molar-refractivity contribution in [1.29, 1.82) is 0 Å². The highest BCUT2D eigenvalue weighted by atomic mass is 15.2. The number of nitrogens with one attached hydrogen (secondary N) is 1. The number of hydrogen-bond donors (Lipinski definition) is 1. The van der Waals surface area contributed by atoms with Crippen LogP contribution in [-0.4, -0.2) is 36.6 Å². The Morgan fingerprint density at radius 1 is 1.33 bits per heavy atom. The van der Waals surface area contributed by atoms with Crippen molar-refractivity contribution in [3.63, 3.8) is 0 Å². The third-order valence-electron chi connectivity index (χ3n) is 2.82. The van der Waals surface area contributed by atoms with E-state index in [0.717, 1.165) is 6.54 Å². The van der Waals surface area contributed by atoms with Crippen LogP contribution in [0.15, 0.2) is 0 Å². The molecule has 0 aromatic carbocycles. The van der Waals surface area contributed by atoms with Crippen LogP contribution in [0.1, 0.15) is 33.6 Å². The van der Waals surface area contributed by atoms with Crippen LogP contribution in [0.2, 0.25) is 0 Å². The number of nitrogens with zero attached hydrogens (tertiary/aromatic N) is 1. The number of rotatable bonds is 2. The first-order chi connectivity index (χ1) is 5.67. The van der Waals surface area contributed by atoms with Gasteiger partial charge >= 0.3 is 0 Å². The van der Waals surface area contributed by atoms with Gasteiger partial charge in [-0.2, -0.15) is 0 Å². The van der Waals surface area contributed by atoms with Crippen molar-refractivity contribution in [2.75, 3.05) is 26.2 Å². The van der Waals surface area contributed by atoms with E-state index in [4.69, 9.17) is 0 Å². The van der Waals surface area contributed by atoms with E-state index in [-0.39, 0.29) is 0 Å². The minimum Gasteiger partial charge on any atom is -0.315 e. The normalized spacial score (nSPS) is 25.2. The zero-order valence-corrected chi connectivity index (χ0v) is 8.69. The smallest absolute Gasteiger partial charge is 0.0165 e. The summed E-state index contributed by atoms with van der Waals surface area (Å²) < 4.78 is 0. The number of hydrogen-bond acceptors (Lipinski definition) is 2. The van der Waals surface area contributed by atoms with E-state index in [0.29, 0.717) is 5.54 Å². The molecule has 0 aromatic heterocycles. The predicted molar refractivity (Wildman–Crippen MR) is 53.4 cm³/mol. The first-order valence-electron chi connectivity index (χ1n) is 5.12. The van der Waals surface area contributed by atoms with Crippen LogP contribution in [0, 0.1) is 0 Å². The summed E-state index contributed by atoms with van der Waals surface area (Å²) in [6, 6.07) is 0. The van der Waals surface area contributed by atoms with Gasteiger partial charge in [-0.15, -0.1) is 0 Å². The lowest BCUT2D eigenvalue weighted by Crippen LogP contribution is -2.44. The van der Waals surface area contributed by atoms with Gasteiger partial charge in [0.05, 0.1) is 0 Å². The maximum Gasteiger partial charge on any atom is 0.0165 e. The molecule has 0 unspecified atom stereocenters. The zero-order chi connectivity index (χ0) is 9.03. The van der Waals surface area contributed by atoms with Gasteiger partial charge < -0.3 is 5.32 Å². The second-order valence-electron chi connectivity index (χ2n) is 4.30. The van der Waals surface area contributed by atoms with Crippen molar-refractivity contribution in [3.05, 3.63) is 0 Å². The van der Waals surface area contributed by atoms with Gasteiger partial charge in [-0.1, -0.05) is 6.92 Å². The SMILES string of the molecule is CCCN1CCNCCC1(C)C. The van der Waals surface area contributed by atoms with Crippen LogP contribution in [0.5, 0.6) is 0 Å². The van der Waals surface area contributed by atoms with Crippen LogP contribution in [0.3, 0.4) is 0 Å². The Morgan fingerprint density at radius 2 is 2.08 bits per heavy atom. The first-order valence-corrected chi connectivity index (χ1v) is 5.12. The molecule has 1 aliphatic rings. The minimum absolute atomic E-state index is 0.402. The lowest BCUT2D eigenvalue weighted by atomic mass is 9.98. The molecule has 0 aliphatic carbocycles. The molecule has 0 atom stereocenters. The fourth-order valence-corrected chi connectivity index (χ4v) is 1.88. The molecule has 0 amide bonds. The maximum atomic E-state index is 3.45. The summed E-state index contributed by atoms with van der Waals surface area (Å²) in [5, 5.41) is 3.45. The van der Waals surface area contributed by atoms with Gasteiger partial charge in [0.1, 0.15) is 0 Å². The van der Waals surface area contributed by atoms with E-state index in [1.54, 1.807) is 0 Å². The lowest BCUT2D eigenvalue weighted by Gasteiger charge is -2.36. The molecule has 12 heavy (non-hydrogen) atoms. The Kier molecular flexibility index (Phi) is 3.53. The van der Waals surface area contributed by atoms with Gasteiger partial charge in [0.15, 0.2) is 0 Å². The van der Waals surface area contributed by atoms with Gasteiger partial charge in [0.25, 0.3) is 0 Å². The topological polar surface area (TPSA) is 15.3 Å². The summed E-state index contributed by atoms with van der Waals surface area (Å²) in [4.78, 5) is 2.60. The lowest BCUT2D eigenvalue weighted by molar-refractivity contribution is 0.128. The summed E-state index contributed by atoms with van der Waals surface area (Å²) in [5.74, 6) is 0. The molecule has 1 N–H and O–H groups in total. The molecule has 2 heteroatoms. The Balaban J connectivity index is 2.52. The fourth-order valence-electron chi connectivity index (χ4n) is 1.88. The van der Waals surface area contributed by atoms with Crippen LogP contribution < -0.4 is 5.32 Å². The molecule has 0 saturated carbocycles. The maximum absolute atomic E-state index is 3.45. The van der Waals surface area contributed by atoms with Gasteiger partial charge in [-0.3, -0.25) is 4.90 Å². The molecule has 0 radical (unpaired) electrons. The minimum atomic E-state index is 0.402. The molecule has 1 rings (SSSR count). The monoisotopic (exact) mass is 170 g/mol. The summed E-state index contributed by atoms with van der Waals surface area (Å²) in [7, 11) is 0. The van der Waals surface area contributed by atoms with Crippen LogP contribution in [0.4, 0.5) is 0 Å². The van der Waals surface area contributed by atoms with Crippen molar-refractivity contribution < 1.29 is 0 Å². The molecule has 1 fully saturated rings. The average Bonchev–Trinajstić information content (AvgIpc) is 2.15. The fraction of sp³-hybridized carbons (Fsp3) is 1.00. The van der Waals surface area contributed by atoms with Crippen LogP contribution in [-0.2, 0) is 0 Å². The molecular weight excluding hydrogens is 148 g/mol. The third kappa shape index (κ3) is 2.46. The molecule has 1 heterocycles. The standard InChI is InChI=1S/C10H22N2/c1-4-8-12-9-7-11-6-5-10(12,2)3/h11H,4-9H2,1-3H3. The first kappa shape index (κ1) is 10.0. The van der Waals surface area contributed by atoms with Crippen LogP contribution in [0.25, 0.3) is 0 Å². The van der Waals surface area contributed by atoms with E-state index < -0.39 is 0 Å². The van der Waals surface area contributed by atoms with Gasteiger partial charge in [-0.05, 0) is 39.8 Å². The highest BCUT2D eigenvalue weighted by molar-refractivity contribution is 4.84. The summed E-state index contributed by atoms with van der Waals surface area (Å²) in [5.41, 5.74) is 0.402. The highest BCUT2D eigenvalue weighted by Crippen LogP contribution is 2.19. The third-order valence-corrected chi connectivity index (χ3v) is 2.82. The second-order valence-corrected chi connectivity index (χ2v) is 4.30. The van der Waals surface area contributed by atoms with Crippen molar-refractivity contribution in [2.45, 2.75) is 39.2 Å². The Labute approximate surface area is 76.3 Å². The van der Waals surface area contributed by atoms with Gasteiger partial charge in [0, 0.05) is 18.6 Å². The van der Waals surface area contributed by atoms with E-state index in [9.17, 15) is 0 Å². The summed E-state index contributed by atoms with van der Waals surface area (Å²) >= 11 is 0. The van der Waals surface area contributed by atoms with Crippen molar-refractivity contribution in [1.82, 2.24) is 10.2 Å². The second kappa shape index (κ2) is 4.24. The van der Waals surface area contributed by atoms with Crippen molar-refractivity contribution in [3.8, 4) is 0 Å². The molecule has 1 aliphatic heterocycles. The van der Waals surface area contributed by atoms with Crippen molar-refractivity contribution >= 4 is 0 Å². The average molecular weight is 170 g/mol. The predicted octanol–water partition coefficient (Wildman–Crippen LogP) is 1.47. The van der Waals surface area contributed by atoms with E-state index in [1.807, 2.05) is 0 Å². The molecule has 1 saturated heterocycles. The zero-order valence-electron chi connectivity index (χ0n) is 8.69. The molecule has 72 valence electrons. The molecule has 0 aromatic rings. The molecule has 2 nitrogen and oxygen atoms in total. The van der Waals surface area contributed by atoms with E-state index >= 15 is 0 Å². The Morgan fingerprint density at radius 3 is 2.75 bits per heavy atom.